The van der Waals surface area contributed by atoms with Gasteiger partial charge < -0.3 is 14.4 Å². The predicted molar refractivity (Wildman–Crippen MR) is 109 cm³/mol. The van der Waals surface area contributed by atoms with Gasteiger partial charge in [-0.3, -0.25) is 9.36 Å². The van der Waals surface area contributed by atoms with Crippen molar-refractivity contribution in [2.24, 2.45) is 0 Å². The molecule has 0 amide bonds. The molecule has 0 aliphatic carbocycles. The fraction of sp³-hybridized carbons (Fsp3) is 0.450. The number of rotatable bonds is 7. The van der Waals surface area contributed by atoms with Crippen molar-refractivity contribution < 1.29 is 22.8 Å². The maximum atomic E-state index is 12.4. The van der Waals surface area contributed by atoms with Gasteiger partial charge in [0.15, 0.2) is 6.67 Å². The number of sulfonamides is 1. The molecule has 8 nitrogen and oxygen atoms in total. The van der Waals surface area contributed by atoms with E-state index in [1.807, 2.05) is 18.2 Å². The van der Waals surface area contributed by atoms with Gasteiger partial charge >= 0.3 is 0 Å². The number of ether oxygens (including phenoxy) is 2. The van der Waals surface area contributed by atoms with Gasteiger partial charge in [0.1, 0.15) is 17.5 Å². The van der Waals surface area contributed by atoms with Crippen LogP contribution < -0.4 is 19.9 Å². The number of methoxy groups -OCH3 is 2. The van der Waals surface area contributed by atoms with Crippen LogP contribution in [0.3, 0.4) is 0 Å². The second kappa shape index (κ2) is 8.56. The number of nitrogens with zero attached hydrogens (tertiary/aromatic N) is 2. The molecule has 1 aliphatic rings. The number of hydrogen-bond donors (Lipinski definition) is 1. The van der Waals surface area contributed by atoms with Crippen molar-refractivity contribution in [3.8, 4) is 11.5 Å². The lowest BCUT2D eigenvalue weighted by molar-refractivity contribution is -0.940. The highest BCUT2D eigenvalue weighted by molar-refractivity contribution is 7.89. The molecule has 1 aromatic carbocycles. The fourth-order valence-electron chi connectivity index (χ4n) is 3.80. The van der Waals surface area contributed by atoms with Crippen LogP contribution in [0.25, 0.3) is 0 Å². The SMILES string of the molecule is COc1ccc(OC)c([C@H]2CCC[NH+]2Cn2cc(S(=O)(=O)N(C)C)ccc2=O)c1. The van der Waals surface area contributed by atoms with Crippen molar-refractivity contribution in [3.63, 3.8) is 0 Å². The summed E-state index contributed by atoms with van der Waals surface area (Å²) in [6.07, 6.45) is 3.39. The van der Waals surface area contributed by atoms with E-state index in [1.54, 1.807) is 14.2 Å². The summed E-state index contributed by atoms with van der Waals surface area (Å²) in [6, 6.07) is 8.52. The summed E-state index contributed by atoms with van der Waals surface area (Å²) in [4.78, 5) is 13.7. The van der Waals surface area contributed by atoms with E-state index in [4.69, 9.17) is 9.47 Å². The van der Waals surface area contributed by atoms with E-state index in [2.05, 4.69) is 0 Å². The van der Waals surface area contributed by atoms with Crippen molar-refractivity contribution in [1.82, 2.24) is 8.87 Å². The quantitative estimate of drug-likeness (QED) is 0.703. The Hall–Kier alpha value is -2.36. The summed E-state index contributed by atoms with van der Waals surface area (Å²) < 4.78 is 38.4. The number of hydrogen-bond acceptors (Lipinski definition) is 5. The van der Waals surface area contributed by atoms with Gasteiger partial charge in [0.05, 0.1) is 31.2 Å². The normalized spacial score (nSPS) is 19.5. The summed E-state index contributed by atoms with van der Waals surface area (Å²) in [5.41, 5.74) is 0.808. The Kier molecular flexibility index (Phi) is 6.30. The zero-order valence-corrected chi connectivity index (χ0v) is 18.0. The van der Waals surface area contributed by atoms with Crippen LogP contribution in [0, 0.1) is 0 Å². The molecule has 0 bridgehead atoms. The van der Waals surface area contributed by atoms with E-state index >= 15 is 0 Å². The minimum Gasteiger partial charge on any atom is -0.497 e. The van der Waals surface area contributed by atoms with Crippen LogP contribution in [-0.2, 0) is 16.7 Å². The molecular weight excluding hydrogens is 394 g/mol. The van der Waals surface area contributed by atoms with E-state index < -0.39 is 10.0 Å². The summed E-state index contributed by atoms with van der Waals surface area (Å²) in [6.45, 7) is 1.25. The Bertz CT molecular complexity index is 1030. The summed E-state index contributed by atoms with van der Waals surface area (Å²) in [5, 5.41) is 0. The molecule has 1 aliphatic heterocycles. The molecule has 0 spiro atoms. The predicted octanol–water partition coefficient (Wildman–Crippen LogP) is 0.493. The second-order valence-electron chi connectivity index (χ2n) is 7.33. The van der Waals surface area contributed by atoms with Gasteiger partial charge in [-0.2, -0.15) is 0 Å². The van der Waals surface area contributed by atoms with Crippen molar-refractivity contribution in [1.29, 1.82) is 0 Å². The number of nitrogens with one attached hydrogen (secondary N) is 1. The van der Waals surface area contributed by atoms with Crippen LogP contribution in [0.1, 0.15) is 24.4 Å². The first kappa shape index (κ1) is 21.4. The maximum absolute atomic E-state index is 12.4. The number of pyridine rings is 1. The van der Waals surface area contributed by atoms with Crippen LogP contribution in [0.2, 0.25) is 0 Å². The Morgan fingerprint density at radius 1 is 1.17 bits per heavy atom. The first-order valence-electron chi connectivity index (χ1n) is 9.47. The van der Waals surface area contributed by atoms with Crippen LogP contribution in [-0.4, -0.2) is 52.1 Å². The minimum atomic E-state index is -3.61. The highest BCUT2D eigenvalue weighted by Gasteiger charge is 2.33. The van der Waals surface area contributed by atoms with Gasteiger partial charge in [-0.15, -0.1) is 0 Å². The van der Waals surface area contributed by atoms with Gasteiger partial charge in [0, 0.05) is 39.2 Å². The van der Waals surface area contributed by atoms with E-state index in [1.165, 1.54) is 41.9 Å². The number of aromatic nitrogens is 1. The maximum Gasteiger partial charge on any atom is 0.254 e. The molecule has 158 valence electrons. The molecule has 1 N–H and O–H groups in total. The van der Waals surface area contributed by atoms with Crippen LogP contribution >= 0.6 is 0 Å². The number of quaternary nitrogens is 1. The molecule has 0 saturated carbocycles. The average Bonchev–Trinajstić information content (AvgIpc) is 3.16. The zero-order chi connectivity index (χ0) is 21.2. The van der Waals surface area contributed by atoms with E-state index in [0.717, 1.165) is 40.8 Å². The molecule has 2 atom stereocenters. The lowest BCUT2D eigenvalue weighted by Crippen LogP contribution is -3.09. The second-order valence-corrected chi connectivity index (χ2v) is 9.48. The molecule has 0 radical (unpaired) electrons. The van der Waals surface area contributed by atoms with Gasteiger partial charge in [-0.05, 0) is 24.3 Å². The first-order valence-corrected chi connectivity index (χ1v) is 10.9. The van der Waals surface area contributed by atoms with Crippen LogP contribution in [0.5, 0.6) is 11.5 Å². The smallest absolute Gasteiger partial charge is 0.254 e. The molecule has 1 saturated heterocycles. The van der Waals surface area contributed by atoms with Gasteiger partial charge in [-0.25, -0.2) is 12.7 Å². The monoisotopic (exact) mass is 422 g/mol. The highest BCUT2D eigenvalue weighted by atomic mass is 32.2. The molecular formula is C20H28N3O5S+. The fourth-order valence-corrected chi connectivity index (χ4v) is 4.73. The van der Waals surface area contributed by atoms with Crippen molar-refractivity contribution in [2.45, 2.75) is 30.4 Å². The molecule has 1 fully saturated rings. The number of likely N-dealkylation sites (tertiary alicyclic amines) is 1. The first-order chi connectivity index (χ1) is 13.8. The summed E-state index contributed by atoms with van der Waals surface area (Å²) >= 11 is 0. The van der Waals surface area contributed by atoms with Crippen molar-refractivity contribution >= 4 is 10.0 Å². The molecule has 3 rings (SSSR count). The van der Waals surface area contributed by atoms with Crippen molar-refractivity contribution in [2.75, 3.05) is 34.9 Å². The van der Waals surface area contributed by atoms with Gasteiger partial charge in [0.2, 0.25) is 10.0 Å². The third-order valence-electron chi connectivity index (χ3n) is 5.40. The summed E-state index contributed by atoms with van der Waals surface area (Å²) in [5.74, 6) is 1.54. The van der Waals surface area contributed by atoms with Crippen LogP contribution in [0.15, 0.2) is 46.2 Å². The van der Waals surface area contributed by atoms with Gasteiger partial charge in [0.25, 0.3) is 5.56 Å². The average molecular weight is 423 g/mol. The standard InChI is InChI=1S/C20H27N3O5S/c1-21(2)29(25,26)16-8-10-20(24)23(13-16)14-22-11-5-6-18(22)17-12-15(27-3)7-9-19(17)28-4/h7-10,12-13,18H,5-6,11,14H2,1-4H3/p+1/t18-/m1/s1. The van der Waals surface area contributed by atoms with E-state index in [-0.39, 0.29) is 16.5 Å². The van der Waals surface area contributed by atoms with Crippen molar-refractivity contribution in [3.05, 3.63) is 52.4 Å². The largest absolute Gasteiger partial charge is 0.497 e. The van der Waals surface area contributed by atoms with E-state index in [0.29, 0.717) is 6.67 Å². The van der Waals surface area contributed by atoms with E-state index in [9.17, 15) is 13.2 Å². The Morgan fingerprint density at radius 3 is 2.59 bits per heavy atom. The third kappa shape index (κ3) is 4.31. The highest BCUT2D eigenvalue weighted by Crippen LogP contribution is 2.31. The molecule has 2 heterocycles. The molecule has 9 heteroatoms. The Labute approximate surface area is 171 Å². The molecule has 1 unspecified atom stereocenters. The summed E-state index contributed by atoms with van der Waals surface area (Å²) in [7, 11) is 2.61. The minimum absolute atomic E-state index is 0.108. The molecule has 29 heavy (non-hydrogen) atoms. The molecule has 2 aromatic rings. The molecule has 1 aromatic heterocycles. The topological polar surface area (TPSA) is 82.3 Å². The Balaban J connectivity index is 1.94. The zero-order valence-electron chi connectivity index (χ0n) is 17.2. The Morgan fingerprint density at radius 2 is 1.93 bits per heavy atom. The van der Waals surface area contributed by atoms with Gasteiger partial charge in [-0.1, -0.05) is 0 Å². The lowest BCUT2D eigenvalue weighted by atomic mass is 10.0. The van der Waals surface area contributed by atoms with Crippen LogP contribution in [0.4, 0.5) is 0 Å². The number of benzene rings is 1. The third-order valence-corrected chi connectivity index (χ3v) is 7.20. The lowest BCUT2D eigenvalue weighted by Gasteiger charge is -2.24.